The van der Waals surface area contributed by atoms with E-state index in [4.69, 9.17) is 15.7 Å². The fourth-order valence-electron chi connectivity index (χ4n) is 2.83. The zero-order valence-electron chi connectivity index (χ0n) is 16.6. The van der Waals surface area contributed by atoms with Crippen molar-refractivity contribution in [1.82, 2.24) is 0 Å². The van der Waals surface area contributed by atoms with Crippen LogP contribution in [0, 0.1) is 11.3 Å². The standard InChI is InChI=1S/C13H25NO2.C8H8N2/c1-12(2,3)16-11(15)13(14)9-7-5-4-6-8-10-13;1-10-8-4-2-7(6-9)3-5-8/h4-10,14H2,1-3H3;2-5,10H,1H3. The zero-order valence-corrected chi connectivity index (χ0v) is 16.6. The third-order valence-corrected chi connectivity index (χ3v) is 4.35. The number of nitrogens with one attached hydrogen (secondary N) is 1. The molecule has 0 heterocycles. The van der Waals surface area contributed by atoms with E-state index < -0.39 is 11.1 Å². The monoisotopic (exact) mass is 359 g/mol. The number of hydrogen-bond donors (Lipinski definition) is 2. The Morgan fingerprint density at radius 2 is 1.62 bits per heavy atom. The van der Waals surface area contributed by atoms with Crippen LogP contribution in [0.1, 0.15) is 71.3 Å². The summed E-state index contributed by atoms with van der Waals surface area (Å²) in [6.45, 7) is 5.66. The van der Waals surface area contributed by atoms with E-state index in [-0.39, 0.29) is 5.97 Å². The summed E-state index contributed by atoms with van der Waals surface area (Å²) in [4.78, 5) is 12.1. The fourth-order valence-corrected chi connectivity index (χ4v) is 2.83. The highest BCUT2D eigenvalue weighted by Gasteiger charge is 2.37. The molecule has 0 unspecified atom stereocenters. The highest BCUT2D eigenvalue weighted by molar-refractivity contribution is 5.80. The molecule has 3 N–H and O–H groups in total. The molecule has 1 saturated carbocycles. The number of nitriles is 1. The Balaban J connectivity index is 0.000000289. The number of rotatable bonds is 2. The van der Waals surface area contributed by atoms with E-state index in [1.165, 1.54) is 19.3 Å². The Hall–Kier alpha value is -2.06. The molecule has 144 valence electrons. The molecule has 1 aromatic rings. The lowest BCUT2D eigenvalue weighted by Gasteiger charge is -2.32. The third kappa shape index (κ3) is 7.88. The number of anilines is 1. The molecular weight excluding hydrogens is 326 g/mol. The van der Waals surface area contributed by atoms with Gasteiger partial charge < -0.3 is 15.8 Å². The summed E-state index contributed by atoms with van der Waals surface area (Å²) in [6.07, 6.45) is 7.24. The summed E-state index contributed by atoms with van der Waals surface area (Å²) in [6, 6.07) is 9.36. The largest absolute Gasteiger partial charge is 0.459 e. The third-order valence-electron chi connectivity index (χ3n) is 4.35. The molecule has 1 aliphatic rings. The van der Waals surface area contributed by atoms with E-state index >= 15 is 0 Å². The molecule has 5 heteroatoms. The van der Waals surface area contributed by atoms with E-state index in [2.05, 4.69) is 11.4 Å². The number of nitrogens with zero attached hydrogens (tertiary/aromatic N) is 1. The summed E-state index contributed by atoms with van der Waals surface area (Å²) in [5.74, 6) is -0.220. The lowest BCUT2D eigenvalue weighted by atomic mass is 9.85. The number of ether oxygens (including phenoxy) is 1. The predicted octanol–water partition coefficient (Wildman–Crippen LogP) is 4.37. The Morgan fingerprint density at radius 1 is 1.12 bits per heavy atom. The van der Waals surface area contributed by atoms with Gasteiger partial charge in [-0.2, -0.15) is 5.26 Å². The van der Waals surface area contributed by atoms with Crippen molar-refractivity contribution in [3.8, 4) is 6.07 Å². The minimum atomic E-state index is -0.742. The number of nitrogens with two attached hydrogens (primary N) is 1. The van der Waals surface area contributed by atoms with Crippen LogP contribution in [-0.4, -0.2) is 24.2 Å². The number of hydrogen-bond acceptors (Lipinski definition) is 5. The molecule has 0 aliphatic heterocycles. The second-order valence-electron chi connectivity index (χ2n) is 7.86. The van der Waals surface area contributed by atoms with Crippen molar-refractivity contribution in [2.24, 2.45) is 5.73 Å². The molecule has 0 spiro atoms. The second-order valence-corrected chi connectivity index (χ2v) is 7.86. The Kier molecular flexibility index (Phi) is 8.60. The molecule has 2 rings (SSSR count). The maximum absolute atomic E-state index is 12.1. The summed E-state index contributed by atoms with van der Waals surface area (Å²) in [5.41, 5.74) is 6.74. The van der Waals surface area contributed by atoms with Gasteiger partial charge in [-0.05, 0) is 57.9 Å². The molecule has 0 atom stereocenters. The van der Waals surface area contributed by atoms with Gasteiger partial charge in [0.2, 0.25) is 0 Å². The number of carbonyl (C=O) groups excluding carboxylic acids is 1. The van der Waals surface area contributed by atoms with Gasteiger partial charge in [-0.15, -0.1) is 0 Å². The molecule has 5 nitrogen and oxygen atoms in total. The molecule has 0 bridgehead atoms. The molecule has 0 aromatic heterocycles. The van der Waals surface area contributed by atoms with Crippen LogP contribution >= 0.6 is 0 Å². The van der Waals surface area contributed by atoms with Crippen molar-refractivity contribution >= 4 is 11.7 Å². The summed E-state index contributed by atoms with van der Waals surface area (Å²) < 4.78 is 5.41. The van der Waals surface area contributed by atoms with E-state index in [1.54, 1.807) is 12.1 Å². The van der Waals surface area contributed by atoms with Gasteiger partial charge in [0.15, 0.2) is 0 Å². The van der Waals surface area contributed by atoms with Gasteiger partial charge in [0.05, 0.1) is 11.6 Å². The molecular formula is C21H33N3O2. The number of carbonyl (C=O) groups is 1. The highest BCUT2D eigenvalue weighted by Crippen LogP contribution is 2.27. The maximum atomic E-state index is 12.1. The van der Waals surface area contributed by atoms with Crippen molar-refractivity contribution in [2.75, 3.05) is 12.4 Å². The molecule has 0 saturated heterocycles. The van der Waals surface area contributed by atoms with Crippen LogP contribution in [0.4, 0.5) is 5.69 Å². The van der Waals surface area contributed by atoms with Crippen LogP contribution in [-0.2, 0) is 9.53 Å². The van der Waals surface area contributed by atoms with E-state index in [0.717, 1.165) is 31.4 Å². The van der Waals surface area contributed by atoms with Crippen LogP contribution in [0.25, 0.3) is 0 Å². The lowest BCUT2D eigenvalue weighted by molar-refractivity contribution is -0.162. The van der Waals surface area contributed by atoms with Gasteiger partial charge in [-0.25, -0.2) is 0 Å². The molecule has 0 amide bonds. The lowest BCUT2D eigenvalue weighted by Crippen LogP contribution is -2.51. The van der Waals surface area contributed by atoms with Gasteiger partial charge in [0.1, 0.15) is 11.1 Å². The Bertz CT molecular complexity index is 589. The van der Waals surface area contributed by atoms with Gasteiger partial charge in [-0.3, -0.25) is 4.79 Å². The highest BCUT2D eigenvalue weighted by atomic mass is 16.6. The van der Waals surface area contributed by atoms with Crippen LogP contribution in [0.2, 0.25) is 0 Å². The average molecular weight is 360 g/mol. The van der Waals surface area contributed by atoms with Gasteiger partial charge in [-0.1, -0.05) is 32.1 Å². The predicted molar refractivity (Wildman–Crippen MR) is 106 cm³/mol. The van der Waals surface area contributed by atoms with Crippen molar-refractivity contribution in [1.29, 1.82) is 5.26 Å². The van der Waals surface area contributed by atoms with E-state index in [1.807, 2.05) is 40.0 Å². The van der Waals surface area contributed by atoms with E-state index in [9.17, 15) is 4.79 Å². The first kappa shape index (κ1) is 22.0. The van der Waals surface area contributed by atoms with Crippen LogP contribution in [0.3, 0.4) is 0 Å². The Morgan fingerprint density at radius 3 is 2.04 bits per heavy atom. The SMILES string of the molecule is CC(C)(C)OC(=O)C1(N)CCCCCCC1.CNc1ccc(C#N)cc1. The second kappa shape index (κ2) is 10.2. The molecule has 1 aliphatic carbocycles. The Labute approximate surface area is 157 Å². The fraction of sp³-hybridized carbons (Fsp3) is 0.619. The first-order chi connectivity index (χ1) is 12.2. The van der Waals surface area contributed by atoms with Crippen LogP contribution in [0.15, 0.2) is 24.3 Å². The van der Waals surface area contributed by atoms with Gasteiger partial charge in [0, 0.05) is 12.7 Å². The zero-order chi connectivity index (χ0) is 19.6. The van der Waals surface area contributed by atoms with Crippen LogP contribution in [0.5, 0.6) is 0 Å². The molecule has 26 heavy (non-hydrogen) atoms. The average Bonchev–Trinajstić information content (AvgIpc) is 2.57. The first-order valence-corrected chi connectivity index (χ1v) is 9.40. The summed E-state index contributed by atoms with van der Waals surface area (Å²) in [7, 11) is 1.85. The van der Waals surface area contributed by atoms with Crippen LogP contribution < -0.4 is 11.1 Å². The summed E-state index contributed by atoms with van der Waals surface area (Å²) in [5, 5.41) is 11.4. The van der Waals surface area contributed by atoms with Crippen molar-refractivity contribution in [2.45, 2.75) is 76.9 Å². The van der Waals surface area contributed by atoms with Gasteiger partial charge >= 0.3 is 5.97 Å². The van der Waals surface area contributed by atoms with Crippen molar-refractivity contribution in [3.05, 3.63) is 29.8 Å². The summed E-state index contributed by atoms with van der Waals surface area (Å²) >= 11 is 0. The van der Waals surface area contributed by atoms with E-state index in [0.29, 0.717) is 5.56 Å². The topological polar surface area (TPSA) is 88.1 Å². The minimum absolute atomic E-state index is 0.220. The maximum Gasteiger partial charge on any atom is 0.326 e. The van der Waals surface area contributed by atoms with Gasteiger partial charge in [0.25, 0.3) is 0 Å². The molecule has 1 fully saturated rings. The molecule has 0 radical (unpaired) electrons. The van der Waals surface area contributed by atoms with Crippen molar-refractivity contribution in [3.63, 3.8) is 0 Å². The number of benzene rings is 1. The first-order valence-electron chi connectivity index (χ1n) is 9.40. The minimum Gasteiger partial charge on any atom is -0.459 e. The van der Waals surface area contributed by atoms with Crippen molar-refractivity contribution < 1.29 is 9.53 Å². The molecule has 1 aromatic carbocycles. The quantitative estimate of drug-likeness (QED) is 0.766. The number of esters is 1. The smallest absolute Gasteiger partial charge is 0.326 e. The normalized spacial score (nSPS) is 16.8.